The Morgan fingerprint density at radius 3 is 2.48 bits per heavy atom. The molecule has 0 aromatic carbocycles. The van der Waals surface area contributed by atoms with Gasteiger partial charge in [-0.2, -0.15) is 0 Å². The predicted octanol–water partition coefficient (Wildman–Crippen LogP) is 1.33. The molecular formula is C15H28N2O3S. The second-order valence-corrected chi connectivity index (χ2v) is 8.89. The molecule has 1 N–H and O–H groups in total. The summed E-state index contributed by atoms with van der Waals surface area (Å²) in [6.07, 6.45) is 5.44. The van der Waals surface area contributed by atoms with Crippen molar-refractivity contribution in [2.75, 3.05) is 18.8 Å². The lowest BCUT2D eigenvalue weighted by molar-refractivity contribution is -0.133. The fourth-order valence-electron chi connectivity index (χ4n) is 3.29. The lowest BCUT2D eigenvalue weighted by Crippen LogP contribution is -2.53. The molecule has 2 aliphatic rings. The molecule has 2 atom stereocenters. The maximum absolute atomic E-state index is 12.7. The zero-order chi connectivity index (χ0) is 15.5. The molecule has 1 amide bonds. The van der Waals surface area contributed by atoms with E-state index >= 15 is 0 Å². The number of hydrogen-bond donors (Lipinski definition) is 1. The van der Waals surface area contributed by atoms with Crippen LogP contribution in [0.15, 0.2) is 0 Å². The number of piperidine rings is 1. The molecular weight excluding hydrogens is 288 g/mol. The first kappa shape index (κ1) is 16.7. The summed E-state index contributed by atoms with van der Waals surface area (Å²) in [6.45, 7) is 5.56. The molecule has 6 heteroatoms. The van der Waals surface area contributed by atoms with Crippen molar-refractivity contribution in [3.05, 3.63) is 0 Å². The van der Waals surface area contributed by atoms with Gasteiger partial charge in [0.05, 0.1) is 5.75 Å². The summed E-state index contributed by atoms with van der Waals surface area (Å²) in [5.74, 6) is -0.0196. The van der Waals surface area contributed by atoms with E-state index in [2.05, 4.69) is 5.32 Å². The van der Waals surface area contributed by atoms with Crippen LogP contribution in [0, 0.1) is 0 Å². The Labute approximate surface area is 128 Å². The topological polar surface area (TPSA) is 66.5 Å². The van der Waals surface area contributed by atoms with Gasteiger partial charge in [-0.05, 0) is 46.1 Å². The summed E-state index contributed by atoms with van der Waals surface area (Å²) in [6, 6.07) is 0.342. The van der Waals surface area contributed by atoms with Crippen LogP contribution in [0.2, 0.25) is 0 Å². The van der Waals surface area contributed by atoms with Crippen LogP contribution in [0.25, 0.3) is 0 Å². The third-order valence-electron chi connectivity index (χ3n) is 4.59. The second kappa shape index (κ2) is 7.09. The molecule has 0 saturated carbocycles. The van der Waals surface area contributed by atoms with Crippen LogP contribution < -0.4 is 5.32 Å². The highest BCUT2D eigenvalue weighted by atomic mass is 32.2. The molecule has 0 aromatic heterocycles. The van der Waals surface area contributed by atoms with Gasteiger partial charge in [-0.1, -0.05) is 12.8 Å². The van der Waals surface area contributed by atoms with E-state index in [4.69, 9.17) is 0 Å². The fraction of sp³-hybridized carbons (Fsp3) is 0.933. The Morgan fingerprint density at radius 1 is 1.19 bits per heavy atom. The summed E-state index contributed by atoms with van der Waals surface area (Å²) >= 11 is 0. The number of hydrogen-bond acceptors (Lipinski definition) is 4. The summed E-state index contributed by atoms with van der Waals surface area (Å²) in [5.41, 5.74) is 0. The Balaban J connectivity index is 2.07. The molecule has 0 bridgehead atoms. The van der Waals surface area contributed by atoms with Crippen molar-refractivity contribution in [3.63, 3.8) is 0 Å². The van der Waals surface area contributed by atoms with Crippen molar-refractivity contribution < 1.29 is 13.2 Å². The van der Waals surface area contributed by atoms with Crippen LogP contribution in [-0.2, 0) is 14.6 Å². The molecule has 2 fully saturated rings. The first-order valence-electron chi connectivity index (χ1n) is 8.17. The quantitative estimate of drug-likeness (QED) is 0.850. The predicted molar refractivity (Wildman–Crippen MR) is 83.9 cm³/mol. The van der Waals surface area contributed by atoms with E-state index in [1.165, 1.54) is 12.8 Å². The molecule has 0 radical (unpaired) electrons. The van der Waals surface area contributed by atoms with Crippen molar-refractivity contribution in [2.45, 2.75) is 69.7 Å². The van der Waals surface area contributed by atoms with Crippen molar-refractivity contribution >= 4 is 15.7 Å². The second-order valence-electron chi connectivity index (χ2n) is 6.58. The van der Waals surface area contributed by atoms with Gasteiger partial charge in [0.1, 0.15) is 5.25 Å². The monoisotopic (exact) mass is 316 g/mol. The number of nitrogens with zero attached hydrogens (tertiary/aromatic N) is 1. The van der Waals surface area contributed by atoms with Gasteiger partial charge in [0.2, 0.25) is 5.91 Å². The van der Waals surface area contributed by atoms with E-state index in [9.17, 15) is 13.2 Å². The molecule has 2 saturated heterocycles. The maximum Gasteiger partial charge on any atom is 0.241 e. The Hall–Kier alpha value is -0.620. The van der Waals surface area contributed by atoms with Gasteiger partial charge in [-0.25, -0.2) is 8.42 Å². The van der Waals surface area contributed by atoms with Gasteiger partial charge >= 0.3 is 0 Å². The molecule has 2 aliphatic heterocycles. The molecule has 2 heterocycles. The van der Waals surface area contributed by atoms with E-state index in [0.717, 1.165) is 19.4 Å². The summed E-state index contributed by atoms with van der Waals surface area (Å²) in [7, 11) is -3.25. The van der Waals surface area contributed by atoms with Gasteiger partial charge in [0.15, 0.2) is 9.84 Å². The molecule has 0 aromatic rings. The van der Waals surface area contributed by atoms with Crippen LogP contribution in [0.4, 0.5) is 0 Å². The number of carbonyl (C=O) groups is 1. The summed E-state index contributed by atoms with van der Waals surface area (Å²) < 4.78 is 24.4. The average molecular weight is 316 g/mol. The minimum Gasteiger partial charge on any atom is -0.338 e. The van der Waals surface area contributed by atoms with Crippen LogP contribution in [0.3, 0.4) is 0 Å². The van der Waals surface area contributed by atoms with Crippen molar-refractivity contribution in [3.8, 4) is 0 Å². The third kappa shape index (κ3) is 4.19. The van der Waals surface area contributed by atoms with Crippen LogP contribution in [-0.4, -0.2) is 55.4 Å². The highest BCUT2D eigenvalue weighted by Gasteiger charge is 2.38. The number of rotatable bonds is 4. The first-order valence-corrected chi connectivity index (χ1v) is 9.89. The first-order chi connectivity index (χ1) is 9.92. The van der Waals surface area contributed by atoms with Crippen LogP contribution >= 0.6 is 0 Å². The van der Waals surface area contributed by atoms with Gasteiger partial charge in [0.25, 0.3) is 0 Å². The Kier molecular flexibility index (Phi) is 5.66. The molecule has 2 rings (SSSR count). The van der Waals surface area contributed by atoms with Gasteiger partial charge in [0, 0.05) is 18.6 Å². The van der Waals surface area contributed by atoms with Crippen molar-refractivity contribution in [1.29, 1.82) is 0 Å². The van der Waals surface area contributed by atoms with Gasteiger partial charge < -0.3 is 10.2 Å². The lowest BCUT2D eigenvalue weighted by atomic mass is 10.0. The molecule has 122 valence electrons. The van der Waals surface area contributed by atoms with Gasteiger partial charge in [-0.3, -0.25) is 4.79 Å². The number of sulfone groups is 1. The summed E-state index contributed by atoms with van der Waals surface area (Å²) in [5, 5.41) is 2.63. The number of nitrogens with one attached hydrogen (secondary N) is 1. The van der Waals surface area contributed by atoms with Crippen LogP contribution in [0.5, 0.6) is 0 Å². The van der Waals surface area contributed by atoms with Gasteiger partial charge in [-0.15, -0.1) is 0 Å². The van der Waals surface area contributed by atoms with E-state index in [1.54, 1.807) is 4.90 Å². The smallest absolute Gasteiger partial charge is 0.241 e. The normalized spacial score (nSPS) is 29.3. The van der Waals surface area contributed by atoms with E-state index in [0.29, 0.717) is 25.4 Å². The average Bonchev–Trinajstić information content (AvgIpc) is 2.44. The molecule has 0 spiro atoms. The standard InChI is InChI=1S/C15H28N2O3S/c1-12(2)17(11-13-7-3-5-9-16-13)15(18)14-8-4-6-10-21(14,19)20/h12-14,16H,3-11H2,1-2H3. The Morgan fingerprint density at radius 2 is 1.90 bits per heavy atom. The SMILES string of the molecule is CC(C)N(CC1CCCCN1)C(=O)C1CCCCS1(=O)=O. The highest BCUT2D eigenvalue weighted by Crippen LogP contribution is 2.23. The minimum absolute atomic E-state index is 0.0401. The summed E-state index contributed by atoms with van der Waals surface area (Å²) in [4.78, 5) is 14.5. The Bertz CT molecular complexity index is 456. The van der Waals surface area contributed by atoms with E-state index in [-0.39, 0.29) is 17.7 Å². The zero-order valence-corrected chi connectivity index (χ0v) is 14.0. The molecule has 5 nitrogen and oxygen atoms in total. The molecule has 0 aliphatic carbocycles. The minimum atomic E-state index is -3.25. The van der Waals surface area contributed by atoms with Crippen molar-refractivity contribution in [2.24, 2.45) is 0 Å². The highest BCUT2D eigenvalue weighted by molar-refractivity contribution is 7.92. The largest absolute Gasteiger partial charge is 0.338 e. The third-order valence-corrected chi connectivity index (χ3v) is 6.75. The number of carbonyl (C=O) groups excluding carboxylic acids is 1. The number of amides is 1. The fourth-order valence-corrected chi connectivity index (χ4v) is 5.15. The van der Waals surface area contributed by atoms with Crippen molar-refractivity contribution in [1.82, 2.24) is 10.2 Å². The molecule has 21 heavy (non-hydrogen) atoms. The zero-order valence-electron chi connectivity index (χ0n) is 13.2. The molecule has 2 unspecified atom stereocenters. The van der Waals surface area contributed by atoms with E-state index in [1.807, 2.05) is 13.8 Å². The maximum atomic E-state index is 12.7. The van der Waals surface area contributed by atoms with Crippen LogP contribution in [0.1, 0.15) is 52.4 Å². The van der Waals surface area contributed by atoms with E-state index < -0.39 is 15.1 Å². The lowest BCUT2D eigenvalue weighted by Gasteiger charge is -2.36.